The summed E-state index contributed by atoms with van der Waals surface area (Å²) in [5.74, 6) is 0.148. The van der Waals surface area contributed by atoms with Crippen molar-refractivity contribution in [3.05, 3.63) is 64.2 Å². The average molecular weight is 301 g/mol. The molecular weight excluding hydrogens is 284 g/mol. The summed E-state index contributed by atoms with van der Waals surface area (Å²) >= 11 is 6.35. The maximum atomic E-state index is 11.5. The maximum Gasteiger partial charge on any atom is 0.228 e. The van der Waals surface area contributed by atoms with Crippen molar-refractivity contribution in [2.24, 2.45) is 5.73 Å². The van der Waals surface area contributed by atoms with E-state index < -0.39 is 0 Å². The summed E-state index contributed by atoms with van der Waals surface area (Å²) in [4.78, 5) is 11.5. The Bertz CT molecular complexity index is 685. The minimum atomic E-state index is -0.207. The van der Waals surface area contributed by atoms with Crippen molar-refractivity contribution in [1.29, 1.82) is 0 Å². The Morgan fingerprint density at radius 2 is 1.95 bits per heavy atom. The van der Waals surface area contributed by atoms with Crippen molar-refractivity contribution in [3.8, 4) is 0 Å². The highest BCUT2D eigenvalue weighted by Gasteiger charge is 2.24. The number of hydrogen-bond acceptors (Lipinski definition) is 2. The normalized spacial score (nSPS) is 16.2. The van der Waals surface area contributed by atoms with Gasteiger partial charge < -0.3 is 11.1 Å². The first-order valence-electron chi connectivity index (χ1n) is 6.99. The van der Waals surface area contributed by atoms with Crippen LogP contribution in [0.4, 0.5) is 5.69 Å². The summed E-state index contributed by atoms with van der Waals surface area (Å²) in [6, 6.07) is 13.7. The maximum absolute atomic E-state index is 11.5. The van der Waals surface area contributed by atoms with Gasteiger partial charge in [0.1, 0.15) is 0 Å². The van der Waals surface area contributed by atoms with Crippen molar-refractivity contribution < 1.29 is 4.79 Å². The number of carbonyl (C=O) groups is 1. The second-order valence-electron chi connectivity index (χ2n) is 5.48. The molecule has 0 aromatic heterocycles. The Morgan fingerprint density at radius 1 is 1.24 bits per heavy atom. The highest BCUT2D eigenvalue weighted by Crippen LogP contribution is 2.37. The quantitative estimate of drug-likeness (QED) is 0.909. The molecule has 0 saturated heterocycles. The van der Waals surface area contributed by atoms with Crippen LogP contribution in [0.15, 0.2) is 42.5 Å². The lowest BCUT2D eigenvalue weighted by molar-refractivity contribution is -0.115. The lowest BCUT2D eigenvalue weighted by Crippen LogP contribution is -2.18. The molecule has 3 nitrogen and oxygen atoms in total. The molecule has 0 bridgehead atoms. The highest BCUT2D eigenvalue weighted by molar-refractivity contribution is 6.32. The fourth-order valence-corrected chi connectivity index (χ4v) is 3.05. The third-order valence-corrected chi connectivity index (χ3v) is 4.40. The van der Waals surface area contributed by atoms with E-state index in [0.29, 0.717) is 11.4 Å². The molecule has 21 heavy (non-hydrogen) atoms. The molecular formula is C17H17ClN2O. The monoisotopic (exact) mass is 300 g/mol. The van der Waals surface area contributed by atoms with Crippen LogP contribution in [0.25, 0.3) is 0 Å². The van der Waals surface area contributed by atoms with Crippen molar-refractivity contribution >= 4 is 23.2 Å². The molecule has 4 heteroatoms. The summed E-state index contributed by atoms with van der Waals surface area (Å²) in [7, 11) is 0. The predicted molar refractivity (Wildman–Crippen MR) is 85.6 cm³/mol. The molecule has 108 valence electrons. The molecule has 1 aliphatic heterocycles. The number of fused-ring (bicyclic) bond motifs is 1. The van der Waals surface area contributed by atoms with Crippen LogP contribution in [0, 0.1) is 0 Å². The number of halogens is 1. The van der Waals surface area contributed by atoms with Gasteiger partial charge in [0.15, 0.2) is 0 Å². The highest BCUT2D eigenvalue weighted by atomic mass is 35.5. The number of carbonyl (C=O) groups excluding carboxylic acids is 1. The van der Waals surface area contributed by atoms with Gasteiger partial charge in [0.25, 0.3) is 0 Å². The summed E-state index contributed by atoms with van der Waals surface area (Å²) < 4.78 is 0. The zero-order valence-electron chi connectivity index (χ0n) is 11.8. The smallest absolute Gasteiger partial charge is 0.228 e. The molecule has 0 aliphatic carbocycles. The molecule has 0 radical (unpaired) electrons. The van der Waals surface area contributed by atoms with Gasteiger partial charge in [0.05, 0.1) is 6.42 Å². The van der Waals surface area contributed by atoms with E-state index in [0.717, 1.165) is 16.8 Å². The Hall–Kier alpha value is -1.84. The largest absolute Gasteiger partial charge is 0.325 e. The predicted octanol–water partition coefficient (Wildman–Crippen LogP) is 3.64. The summed E-state index contributed by atoms with van der Waals surface area (Å²) in [6.45, 7) is 2.09. The Labute approximate surface area is 129 Å². The average Bonchev–Trinajstić information content (AvgIpc) is 2.85. The SMILES string of the molecule is CC(c1ccccc1)C(N)c1cc2c(cc1Cl)NC(=O)C2. The topological polar surface area (TPSA) is 55.1 Å². The van der Waals surface area contributed by atoms with Gasteiger partial charge in [-0.25, -0.2) is 0 Å². The molecule has 2 atom stereocenters. The fraction of sp³-hybridized carbons (Fsp3) is 0.235. The van der Waals surface area contributed by atoms with Crippen molar-refractivity contribution in [3.63, 3.8) is 0 Å². The number of hydrogen-bond donors (Lipinski definition) is 2. The van der Waals surface area contributed by atoms with Crippen LogP contribution in [0.5, 0.6) is 0 Å². The lowest BCUT2D eigenvalue weighted by Gasteiger charge is -2.22. The molecule has 3 N–H and O–H groups in total. The van der Waals surface area contributed by atoms with E-state index >= 15 is 0 Å². The molecule has 2 aromatic rings. The number of benzene rings is 2. The van der Waals surface area contributed by atoms with Gasteiger partial charge >= 0.3 is 0 Å². The van der Waals surface area contributed by atoms with Crippen LogP contribution in [0.1, 0.15) is 35.6 Å². The van der Waals surface area contributed by atoms with Crippen LogP contribution in [0.2, 0.25) is 5.02 Å². The Balaban J connectivity index is 1.94. The third-order valence-electron chi connectivity index (χ3n) is 4.07. The first kappa shape index (κ1) is 14.1. The van der Waals surface area contributed by atoms with E-state index in [4.69, 9.17) is 17.3 Å². The second-order valence-corrected chi connectivity index (χ2v) is 5.89. The van der Waals surface area contributed by atoms with Gasteiger partial charge in [-0.1, -0.05) is 54.9 Å². The van der Waals surface area contributed by atoms with Gasteiger partial charge in [0.2, 0.25) is 5.91 Å². The number of anilines is 1. The summed E-state index contributed by atoms with van der Waals surface area (Å²) in [5, 5.41) is 3.40. The van der Waals surface area contributed by atoms with Crippen molar-refractivity contribution in [2.45, 2.75) is 25.3 Å². The number of nitrogens with two attached hydrogens (primary N) is 1. The van der Waals surface area contributed by atoms with E-state index in [1.807, 2.05) is 24.3 Å². The van der Waals surface area contributed by atoms with E-state index in [1.165, 1.54) is 5.56 Å². The van der Waals surface area contributed by atoms with Crippen LogP contribution in [0.3, 0.4) is 0 Å². The molecule has 1 aliphatic rings. The molecule has 0 fully saturated rings. The molecule has 1 heterocycles. The molecule has 1 amide bonds. The molecule has 2 unspecified atom stereocenters. The van der Waals surface area contributed by atoms with Crippen LogP contribution < -0.4 is 11.1 Å². The molecule has 0 spiro atoms. The minimum Gasteiger partial charge on any atom is -0.325 e. The number of amides is 1. The summed E-state index contributed by atoms with van der Waals surface area (Å²) in [6.07, 6.45) is 0.395. The molecule has 2 aromatic carbocycles. The van der Waals surface area contributed by atoms with E-state index in [1.54, 1.807) is 6.07 Å². The van der Waals surface area contributed by atoms with Gasteiger partial charge in [0, 0.05) is 22.7 Å². The third kappa shape index (κ3) is 2.67. The van der Waals surface area contributed by atoms with Crippen molar-refractivity contribution in [2.75, 3.05) is 5.32 Å². The zero-order valence-corrected chi connectivity index (χ0v) is 12.5. The van der Waals surface area contributed by atoms with Gasteiger partial charge in [-0.05, 0) is 22.8 Å². The second kappa shape index (κ2) is 5.51. The van der Waals surface area contributed by atoms with Crippen LogP contribution in [-0.2, 0) is 11.2 Å². The van der Waals surface area contributed by atoms with Crippen molar-refractivity contribution in [1.82, 2.24) is 0 Å². The van der Waals surface area contributed by atoms with Crippen LogP contribution >= 0.6 is 11.6 Å². The minimum absolute atomic E-state index is 0.00268. The van der Waals surface area contributed by atoms with E-state index in [9.17, 15) is 4.79 Å². The molecule has 3 rings (SSSR count). The van der Waals surface area contributed by atoms with Crippen LogP contribution in [-0.4, -0.2) is 5.91 Å². The fourth-order valence-electron chi connectivity index (χ4n) is 2.76. The van der Waals surface area contributed by atoms with Gasteiger partial charge in [-0.3, -0.25) is 4.79 Å². The Morgan fingerprint density at radius 3 is 2.67 bits per heavy atom. The van der Waals surface area contributed by atoms with E-state index in [2.05, 4.69) is 24.4 Å². The first-order chi connectivity index (χ1) is 10.1. The lowest BCUT2D eigenvalue weighted by atomic mass is 9.88. The summed E-state index contributed by atoms with van der Waals surface area (Å²) in [5.41, 5.74) is 10.2. The Kier molecular flexibility index (Phi) is 3.70. The van der Waals surface area contributed by atoms with Gasteiger partial charge in [-0.15, -0.1) is 0 Å². The standard InChI is InChI=1S/C17H17ClN2O/c1-10(11-5-3-2-4-6-11)17(19)13-7-12-8-16(21)20-15(12)9-14(13)18/h2-7,9-10,17H,8,19H2,1H3,(H,20,21). The number of rotatable bonds is 3. The van der Waals surface area contributed by atoms with Gasteiger partial charge in [-0.2, -0.15) is 0 Å². The molecule has 0 saturated carbocycles. The first-order valence-corrected chi connectivity index (χ1v) is 7.36. The van der Waals surface area contributed by atoms with E-state index in [-0.39, 0.29) is 17.9 Å². The number of nitrogens with one attached hydrogen (secondary N) is 1. The zero-order chi connectivity index (χ0) is 15.0.